The Hall–Kier alpha value is -0.890. The second-order valence-electron chi connectivity index (χ2n) is 2.98. The van der Waals surface area contributed by atoms with Crippen molar-refractivity contribution in [2.45, 2.75) is 8.69 Å². The number of hydrogen-bond acceptors (Lipinski definition) is 4. The summed E-state index contributed by atoms with van der Waals surface area (Å²) in [5, 5.41) is 10.7. The summed E-state index contributed by atoms with van der Waals surface area (Å²) in [6.07, 6.45) is 0.559. The van der Waals surface area contributed by atoms with Gasteiger partial charge in [0.05, 0.1) is 11.1 Å². The maximum atomic E-state index is 11.7. The van der Waals surface area contributed by atoms with E-state index in [0.29, 0.717) is 6.21 Å². The van der Waals surface area contributed by atoms with Gasteiger partial charge in [-0.15, -0.1) is 0 Å². The standard InChI is InChI=1S/C8H5Cl3N2O4S/c9-8(10,11)5-12-18(16,17)7-4-2-1-3-6(7)13(14)15/h1-5H. The molecule has 0 aromatic heterocycles. The third-order valence-electron chi connectivity index (χ3n) is 1.68. The minimum atomic E-state index is -4.29. The Morgan fingerprint density at radius 1 is 1.28 bits per heavy atom. The molecule has 6 nitrogen and oxygen atoms in total. The van der Waals surface area contributed by atoms with Crippen molar-refractivity contribution in [3.05, 3.63) is 34.4 Å². The molecule has 0 aliphatic rings. The molecule has 0 saturated heterocycles. The molecule has 0 aliphatic carbocycles. The average molecular weight is 332 g/mol. The molecule has 0 radical (unpaired) electrons. The fourth-order valence-corrected chi connectivity index (χ4v) is 2.40. The lowest BCUT2D eigenvalue weighted by atomic mass is 10.3. The first kappa shape index (κ1) is 15.2. The van der Waals surface area contributed by atoms with Gasteiger partial charge in [-0.05, 0) is 6.07 Å². The molecule has 98 valence electrons. The van der Waals surface area contributed by atoms with Crippen molar-refractivity contribution in [1.29, 1.82) is 0 Å². The molecule has 10 heteroatoms. The second-order valence-corrected chi connectivity index (χ2v) is 6.95. The summed E-state index contributed by atoms with van der Waals surface area (Å²) in [6, 6.07) is 4.74. The molecule has 0 amide bonds. The van der Waals surface area contributed by atoms with E-state index < -0.39 is 29.3 Å². The Bertz CT molecular complexity index is 595. The van der Waals surface area contributed by atoms with Crippen LogP contribution in [0.2, 0.25) is 0 Å². The average Bonchev–Trinajstić information content (AvgIpc) is 2.26. The van der Waals surface area contributed by atoms with E-state index in [4.69, 9.17) is 34.8 Å². The maximum Gasteiger partial charge on any atom is 0.289 e. The van der Waals surface area contributed by atoms with Gasteiger partial charge in [-0.2, -0.15) is 12.8 Å². The largest absolute Gasteiger partial charge is 0.289 e. The van der Waals surface area contributed by atoms with Crippen molar-refractivity contribution < 1.29 is 13.3 Å². The molecule has 0 N–H and O–H groups in total. The van der Waals surface area contributed by atoms with Crippen LogP contribution in [0.1, 0.15) is 0 Å². The van der Waals surface area contributed by atoms with Crippen molar-refractivity contribution in [2.24, 2.45) is 4.40 Å². The highest BCUT2D eigenvalue weighted by molar-refractivity contribution is 7.90. The third-order valence-corrected chi connectivity index (χ3v) is 3.25. The summed E-state index contributed by atoms with van der Waals surface area (Å²) < 4.78 is 24.5. The molecule has 18 heavy (non-hydrogen) atoms. The second kappa shape index (κ2) is 5.40. The first-order valence-electron chi connectivity index (χ1n) is 4.25. The van der Waals surface area contributed by atoms with Crippen molar-refractivity contribution in [1.82, 2.24) is 0 Å². The van der Waals surface area contributed by atoms with Crippen LogP contribution in [0.3, 0.4) is 0 Å². The summed E-state index contributed by atoms with van der Waals surface area (Å²) in [5.41, 5.74) is -0.598. The number of nitro groups is 1. The molecular formula is C8H5Cl3N2O4S. The smallest absolute Gasteiger partial charge is 0.258 e. The zero-order valence-corrected chi connectivity index (χ0v) is 11.5. The van der Waals surface area contributed by atoms with E-state index in [0.717, 1.165) is 12.1 Å². The van der Waals surface area contributed by atoms with Crippen molar-refractivity contribution in [3.8, 4) is 0 Å². The molecule has 0 unspecified atom stereocenters. The van der Waals surface area contributed by atoms with Gasteiger partial charge in [0.25, 0.3) is 15.7 Å². The molecule has 0 heterocycles. The zero-order valence-electron chi connectivity index (χ0n) is 8.46. The molecule has 0 atom stereocenters. The Labute approximate surface area is 117 Å². The van der Waals surface area contributed by atoms with E-state index in [1.807, 2.05) is 0 Å². The van der Waals surface area contributed by atoms with Crippen LogP contribution >= 0.6 is 34.8 Å². The molecular weight excluding hydrogens is 327 g/mol. The Morgan fingerprint density at radius 3 is 2.33 bits per heavy atom. The summed E-state index contributed by atoms with van der Waals surface area (Å²) in [4.78, 5) is 9.28. The Balaban J connectivity index is 3.30. The highest BCUT2D eigenvalue weighted by Gasteiger charge is 2.26. The molecule has 0 saturated carbocycles. The lowest BCUT2D eigenvalue weighted by Crippen LogP contribution is -2.08. The summed E-state index contributed by atoms with van der Waals surface area (Å²) >= 11 is 15.9. The number of hydrogen-bond donors (Lipinski definition) is 0. The normalized spacial score (nSPS) is 12.8. The molecule has 0 bridgehead atoms. The van der Waals surface area contributed by atoms with Crippen LogP contribution < -0.4 is 0 Å². The van der Waals surface area contributed by atoms with Gasteiger partial charge in [-0.25, -0.2) is 0 Å². The van der Waals surface area contributed by atoms with E-state index in [1.165, 1.54) is 12.1 Å². The highest BCUT2D eigenvalue weighted by atomic mass is 35.6. The van der Waals surface area contributed by atoms with Gasteiger partial charge < -0.3 is 0 Å². The first-order chi connectivity index (χ1) is 8.13. The topological polar surface area (TPSA) is 89.6 Å². The number of nitro benzene ring substituents is 1. The minimum Gasteiger partial charge on any atom is -0.258 e. The Kier molecular flexibility index (Phi) is 4.55. The van der Waals surface area contributed by atoms with E-state index >= 15 is 0 Å². The predicted molar refractivity (Wildman–Crippen MR) is 69.1 cm³/mol. The van der Waals surface area contributed by atoms with Crippen LogP contribution in [0.4, 0.5) is 5.69 Å². The van der Waals surface area contributed by atoms with Gasteiger partial charge in [0.15, 0.2) is 4.90 Å². The van der Waals surface area contributed by atoms with E-state index in [1.54, 1.807) is 0 Å². The van der Waals surface area contributed by atoms with Crippen LogP contribution in [-0.2, 0) is 10.0 Å². The summed E-state index contributed by atoms with van der Waals surface area (Å²) in [5.74, 6) is 0. The fourth-order valence-electron chi connectivity index (χ4n) is 1.01. The van der Waals surface area contributed by atoms with Crippen LogP contribution in [0.5, 0.6) is 0 Å². The van der Waals surface area contributed by atoms with Gasteiger partial charge in [-0.3, -0.25) is 10.1 Å². The van der Waals surface area contributed by atoms with Gasteiger partial charge in [-0.1, -0.05) is 46.9 Å². The number of alkyl halides is 3. The van der Waals surface area contributed by atoms with Crippen molar-refractivity contribution >= 4 is 56.7 Å². The SMILES string of the molecule is O=[N+]([O-])c1ccccc1S(=O)(=O)N=CC(Cl)(Cl)Cl. The first-order valence-corrected chi connectivity index (χ1v) is 6.82. The number of halogens is 3. The number of sulfonamides is 1. The third kappa shape index (κ3) is 4.09. The van der Waals surface area contributed by atoms with E-state index in [9.17, 15) is 18.5 Å². The lowest BCUT2D eigenvalue weighted by Gasteiger charge is -2.03. The monoisotopic (exact) mass is 330 g/mol. The Morgan fingerprint density at radius 2 is 1.83 bits per heavy atom. The summed E-state index contributed by atoms with van der Waals surface area (Å²) in [6.45, 7) is 0. The van der Waals surface area contributed by atoms with Crippen LogP contribution in [0, 0.1) is 10.1 Å². The number of para-hydroxylation sites is 1. The molecule has 1 aromatic rings. The van der Waals surface area contributed by atoms with Crippen LogP contribution in [-0.4, -0.2) is 23.3 Å². The minimum absolute atomic E-state index is 0.559. The van der Waals surface area contributed by atoms with Gasteiger partial charge in [0, 0.05) is 6.07 Å². The van der Waals surface area contributed by atoms with E-state index in [2.05, 4.69) is 4.40 Å². The number of rotatable bonds is 3. The molecule has 0 spiro atoms. The number of nitrogens with zero attached hydrogens (tertiary/aromatic N) is 2. The van der Waals surface area contributed by atoms with Crippen molar-refractivity contribution in [2.75, 3.05) is 0 Å². The quantitative estimate of drug-likeness (QED) is 0.368. The van der Waals surface area contributed by atoms with Gasteiger partial charge in [0.1, 0.15) is 0 Å². The van der Waals surface area contributed by atoms with Crippen molar-refractivity contribution in [3.63, 3.8) is 0 Å². The molecule has 1 rings (SSSR count). The molecule has 1 aromatic carbocycles. The highest BCUT2D eigenvalue weighted by Crippen LogP contribution is 2.27. The molecule has 0 fully saturated rings. The zero-order chi connectivity index (χ0) is 14.0. The summed E-state index contributed by atoms with van der Waals surface area (Å²) in [7, 11) is -4.29. The molecule has 0 aliphatic heterocycles. The maximum absolute atomic E-state index is 11.7. The van der Waals surface area contributed by atoms with Crippen LogP contribution in [0.15, 0.2) is 33.6 Å². The van der Waals surface area contributed by atoms with Gasteiger partial charge >= 0.3 is 0 Å². The lowest BCUT2D eigenvalue weighted by molar-refractivity contribution is -0.387. The number of benzene rings is 1. The predicted octanol–water partition coefficient (Wildman–Crippen LogP) is 2.72. The van der Waals surface area contributed by atoms with E-state index in [-0.39, 0.29) is 0 Å². The van der Waals surface area contributed by atoms with Gasteiger partial charge in [0.2, 0.25) is 3.79 Å². The van der Waals surface area contributed by atoms with Crippen LogP contribution in [0.25, 0.3) is 0 Å². The fraction of sp³-hybridized carbons (Fsp3) is 0.125.